The van der Waals surface area contributed by atoms with Gasteiger partial charge in [-0.25, -0.2) is 0 Å². The van der Waals surface area contributed by atoms with E-state index in [0.717, 1.165) is 18.8 Å². The van der Waals surface area contributed by atoms with Crippen LogP contribution in [-0.4, -0.2) is 17.3 Å². The van der Waals surface area contributed by atoms with E-state index < -0.39 is 0 Å². The van der Waals surface area contributed by atoms with Gasteiger partial charge in [0.2, 0.25) is 0 Å². The summed E-state index contributed by atoms with van der Waals surface area (Å²) in [5, 5.41) is 0. The molecule has 0 aromatic heterocycles. The number of hydrogen-bond acceptors (Lipinski definition) is 2. The highest BCUT2D eigenvalue weighted by Crippen LogP contribution is 2.26. The number of thioether (sulfide) groups is 1. The molecule has 1 fully saturated rings. The number of carbonyl (C=O) groups is 1. The van der Waals surface area contributed by atoms with Crippen molar-refractivity contribution in [3.05, 3.63) is 0 Å². The van der Waals surface area contributed by atoms with Gasteiger partial charge >= 0.3 is 0 Å². The third kappa shape index (κ3) is 2.74. The van der Waals surface area contributed by atoms with E-state index in [4.69, 9.17) is 0 Å². The molecule has 1 nitrogen and oxygen atoms in total. The number of carbonyl (C=O) groups excluding carboxylic acids is 1. The molecule has 0 saturated carbocycles. The van der Waals surface area contributed by atoms with Crippen LogP contribution in [0.4, 0.5) is 0 Å². The molecule has 2 heteroatoms. The summed E-state index contributed by atoms with van der Waals surface area (Å²) in [5.74, 6) is 3.78. The Morgan fingerprint density at radius 2 is 2.50 bits per heavy atom. The number of Topliss-reactive ketones (excluding diaryl/α,β-unsaturated/α-hetero) is 1. The van der Waals surface area contributed by atoms with Crippen molar-refractivity contribution in [1.82, 2.24) is 0 Å². The van der Waals surface area contributed by atoms with Crippen LogP contribution in [0.5, 0.6) is 0 Å². The molecule has 0 bridgehead atoms. The molecule has 1 aliphatic heterocycles. The number of hydrogen-bond donors (Lipinski definition) is 0. The van der Waals surface area contributed by atoms with Crippen LogP contribution in [-0.2, 0) is 4.79 Å². The fourth-order valence-corrected chi connectivity index (χ4v) is 2.55. The van der Waals surface area contributed by atoms with E-state index >= 15 is 0 Å². The summed E-state index contributed by atoms with van der Waals surface area (Å²) in [6, 6.07) is 0. The van der Waals surface area contributed by atoms with Crippen LogP contribution >= 0.6 is 11.8 Å². The Bertz CT molecular complexity index is 116. The maximum absolute atomic E-state index is 10.6. The van der Waals surface area contributed by atoms with Crippen LogP contribution in [0.1, 0.15) is 26.2 Å². The first kappa shape index (κ1) is 8.12. The molecule has 10 heavy (non-hydrogen) atoms. The van der Waals surface area contributed by atoms with Crippen molar-refractivity contribution in [3.63, 3.8) is 0 Å². The molecule has 0 aliphatic carbocycles. The first-order valence-corrected chi connectivity index (χ1v) is 5.01. The molecule has 1 rings (SSSR count). The van der Waals surface area contributed by atoms with Crippen LogP contribution in [0.2, 0.25) is 0 Å². The highest BCUT2D eigenvalue weighted by molar-refractivity contribution is 7.99. The van der Waals surface area contributed by atoms with Gasteiger partial charge in [-0.05, 0) is 37.2 Å². The van der Waals surface area contributed by atoms with Crippen molar-refractivity contribution in [3.8, 4) is 0 Å². The zero-order valence-electron chi connectivity index (χ0n) is 6.43. The molecule has 0 aromatic rings. The molecular formula is C8H14OS. The van der Waals surface area contributed by atoms with Gasteiger partial charge in [-0.2, -0.15) is 11.8 Å². The van der Waals surface area contributed by atoms with Gasteiger partial charge in [0.05, 0.1) is 0 Å². The second-order valence-electron chi connectivity index (χ2n) is 2.97. The topological polar surface area (TPSA) is 17.1 Å². The summed E-state index contributed by atoms with van der Waals surface area (Å²) < 4.78 is 0. The Kier molecular flexibility index (Phi) is 3.26. The van der Waals surface area contributed by atoms with Crippen molar-refractivity contribution in [2.24, 2.45) is 5.92 Å². The maximum Gasteiger partial charge on any atom is 0.129 e. The van der Waals surface area contributed by atoms with Crippen LogP contribution in [0.25, 0.3) is 0 Å². The summed E-state index contributed by atoms with van der Waals surface area (Å²) in [6.07, 6.45) is 3.26. The molecule has 1 heterocycles. The van der Waals surface area contributed by atoms with Crippen molar-refractivity contribution in [2.75, 3.05) is 11.5 Å². The third-order valence-corrected chi connectivity index (χ3v) is 3.16. The Morgan fingerprint density at radius 3 is 3.00 bits per heavy atom. The van der Waals surface area contributed by atoms with E-state index in [9.17, 15) is 4.79 Å². The summed E-state index contributed by atoms with van der Waals surface area (Å²) in [6.45, 7) is 1.68. The lowest BCUT2D eigenvalue weighted by molar-refractivity contribution is -0.117. The third-order valence-electron chi connectivity index (χ3n) is 1.93. The Hall–Kier alpha value is 0.0200. The zero-order chi connectivity index (χ0) is 7.40. The Labute approximate surface area is 66.6 Å². The maximum atomic E-state index is 10.6. The minimum absolute atomic E-state index is 0.344. The van der Waals surface area contributed by atoms with Crippen molar-refractivity contribution in [2.45, 2.75) is 26.2 Å². The quantitative estimate of drug-likeness (QED) is 0.625. The summed E-state index contributed by atoms with van der Waals surface area (Å²) in [4.78, 5) is 10.6. The van der Waals surface area contributed by atoms with Gasteiger partial charge in [0.25, 0.3) is 0 Å². The van der Waals surface area contributed by atoms with Gasteiger partial charge in [-0.15, -0.1) is 0 Å². The van der Waals surface area contributed by atoms with Crippen LogP contribution in [0.15, 0.2) is 0 Å². The van der Waals surface area contributed by atoms with E-state index in [1.165, 1.54) is 17.9 Å². The average Bonchev–Trinajstić information content (AvgIpc) is 2.34. The van der Waals surface area contributed by atoms with Gasteiger partial charge in [0.15, 0.2) is 0 Å². The molecule has 0 spiro atoms. The van der Waals surface area contributed by atoms with E-state index in [2.05, 4.69) is 0 Å². The molecule has 0 radical (unpaired) electrons. The van der Waals surface area contributed by atoms with Gasteiger partial charge < -0.3 is 4.79 Å². The minimum Gasteiger partial charge on any atom is -0.300 e. The predicted molar refractivity (Wildman–Crippen MR) is 45.3 cm³/mol. The van der Waals surface area contributed by atoms with E-state index in [1.54, 1.807) is 6.92 Å². The Morgan fingerprint density at radius 1 is 1.70 bits per heavy atom. The van der Waals surface area contributed by atoms with Crippen molar-refractivity contribution in [1.29, 1.82) is 0 Å². The minimum atomic E-state index is 0.344. The first-order valence-electron chi connectivity index (χ1n) is 3.86. The molecular weight excluding hydrogens is 144 g/mol. The molecule has 1 saturated heterocycles. The second kappa shape index (κ2) is 4.02. The number of rotatable bonds is 3. The Balaban J connectivity index is 2.07. The van der Waals surface area contributed by atoms with Crippen LogP contribution in [0, 0.1) is 5.92 Å². The normalized spacial score (nSPS) is 25.1. The van der Waals surface area contributed by atoms with Crippen LogP contribution in [0.3, 0.4) is 0 Å². The van der Waals surface area contributed by atoms with Crippen LogP contribution < -0.4 is 0 Å². The van der Waals surface area contributed by atoms with Gasteiger partial charge in [0.1, 0.15) is 5.78 Å². The molecule has 1 unspecified atom stereocenters. The highest BCUT2D eigenvalue weighted by Gasteiger charge is 2.15. The largest absolute Gasteiger partial charge is 0.300 e. The molecule has 1 atom stereocenters. The van der Waals surface area contributed by atoms with E-state index in [-0.39, 0.29) is 0 Å². The monoisotopic (exact) mass is 158 g/mol. The van der Waals surface area contributed by atoms with Crippen molar-refractivity contribution < 1.29 is 4.79 Å². The van der Waals surface area contributed by atoms with Crippen molar-refractivity contribution >= 4 is 17.5 Å². The lowest BCUT2D eigenvalue weighted by Gasteiger charge is -2.03. The fraction of sp³-hybridized carbons (Fsp3) is 0.875. The van der Waals surface area contributed by atoms with E-state index in [1.807, 2.05) is 11.8 Å². The van der Waals surface area contributed by atoms with Gasteiger partial charge in [-0.3, -0.25) is 0 Å². The molecule has 0 N–H and O–H groups in total. The molecule has 0 amide bonds. The smallest absolute Gasteiger partial charge is 0.129 e. The summed E-state index contributed by atoms with van der Waals surface area (Å²) in [7, 11) is 0. The standard InChI is InChI=1S/C8H14OS/c1-7(9)2-3-8-4-5-10-6-8/h8H,2-6H2,1H3. The molecule has 0 aromatic carbocycles. The van der Waals surface area contributed by atoms with Gasteiger partial charge in [-0.1, -0.05) is 0 Å². The highest BCUT2D eigenvalue weighted by atomic mass is 32.2. The number of ketones is 1. The molecule has 58 valence electrons. The summed E-state index contributed by atoms with van der Waals surface area (Å²) >= 11 is 2.02. The summed E-state index contributed by atoms with van der Waals surface area (Å²) in [5.41, 5.74) is 0. The second-order valence-corrected chi connectivity index (χ2v) is 4.12. The first-order chi connectivity index (χ1) is 4.79. The zero-order valence-corrected chi connectivity index (χ0v) is 7.25. The lowest BCUT2D eigenvalue weighted by atomic mass is 10.0. The molecule has 1 aliphatic rings. The van der Waals surface area contributed by atoms with E-state index in [0.29, 0.717) is 5.78 Å². The lowest BCUT2D eigenvalue weighted by Crippen LogP contribution is -2.00. The predicted octanol–water partition coefficient (Wildman–Crippen LogP) is 2.11. The van der Waals surface area contributed by atoms with Gasteiger partial charge in [0, 0.05) is 6.42 Å². The fourth-order valence-electron chi connectivity index (χ4n) is 1.22. The SMILES string of the molecule is CC(=O)CCC1CCSC1. The average molecular weight is 158 g/mol.